The Balaban J connectivity index is 4.14. The van der Waals surface area contributed by atoms with Gasteiger partial charge in [-0.2, -0.15) is 0 Å². The maximum absolute atomic E-state index is 11.4. The van der Waals surface area contributed by atoms with E-state index in [1.165, 1.54) is 11.8 Å². The van der Waals surface area contributed by atoms with Crippen LogP contribution in [0.4, 0.5) is 4.79 Å². The third-order valence-electron chi connectivity index (χ3n) is 1.48. The molecule has 1 unspecified atom stereocenters. The number of nitrogens with two attached hydrogens (primary N) is 1. The van der Waals surface area contributed by atoms with Crippen molar-refractivity contribution in [3.05, 3.63) is 23.1 Å². The van der Waals surface area contributed by atoms with Gasteiger partial charge >= 0.3 is 6.09 Å². The highest BCUT2D eigenvalue weighted by molar-refractivity contribution is 8.06. The van der Waals surface area contributed by atoms with Crippen LogP contribution in [0, 0.1) is 0 Å². The van der Waals surface area contributed by atoms with Crippen molar-refractivity contribution in [2.24, 2.45) is 5.73 Å². The van der Waals surface area contributed by atoms with Crippen LogP contribution in [0.1, 0.15) is 27.7 Å². The second kappa shape index (κ2) is 5.84. The Morgan fingerprint density at radius 2 is 1.94 bits per heavy atom. The van der Waals surface area contributed by atoms with Gasteiger partial charge in [-0.1, -0.05) is 24.9 Å². The molecule has 0 saturated heterocycles. The van der Waals surface area contributed by atoms with Crippen molar-refractivity contribution in [3.63, 3.8) is 0 Å². The average molecular weight is 244 g/mol. The van der Waals surface area contributed by atoms with Gasteiger partial charge in [0.2, 0.25) is 0 Å². The zero-order chi connectivity index (χ0) is 12.9. The Morgan fingerprint density at radius 1 is 1.44 bits per heavy atom. The molecule has 1 atom stereocenters. The van der Waals surface area contributed by atoms with E-state index in [0.717, 1.165) is 4.91 Å². The lowest BCUT2D eigenvalue weighted by molar-refractivity contribution is 0.0517. The fourth-order valence-electron chi connectivity index (χ4n) is 0.822. The predicted molar refractivity (Wildman–Crippen MR) is 68.9 cm³/mol. The van der Waals surface area contributed by atoms with Crippen molar-refractivity contribution >= 4 is 17.9 Å². The molecule has 1 amide bonds. The highest BCUT2D eigenvalue weighted by atomic mass is 32.2. The highest BCUT2D eigenvalue weighted by Crippen LogP contribution is 2.21. The number of carbonyl (C=O) groups excluding carboxylic acids is 1. The Bertz CT molecular complexity index is 295. The number of ether oxygens (including phenoxy) is 1. The van der Waals surface area contributed by atoms with Crippen molar-refractivity contribution in [2.75, 3.05) is 0 Å². The van der Waals surface area contributed by atoms with Crippen LogP contribution >= 0.6 is 11.8 Å². The summed E-state index contributed by atoms with van der Waals surface area (Å²) in [7, 11) is 0. The normalized spacial score (nSPS) is 12.8. The van der Waals surface area contributed by atoms with Crippen LogP contribution in [-0.2, 0) is 4.74 Å². The number of rotatable bonds is 4. The first-order valence-corrected chi connectivity index (χ1v) is 5.74. The minimum atomic E-state index is -0.504. The molecular formula is C11H20N2O2S. The van der Waals surface area contributed by atoms with E-state index in [1.807, 2.05) is 27.7 Å². The van der Waals surface area contributed by atoms with Crippen LogP contribution in [0.25, 0.3) is 0 Å². The minimum Gasteiger partial charge on any atom is -0.444 e. The first-order valence-electron chi connectivity index (χ1n) is 4.92. The number of alkyl carbamates (subject to hydrolysis) is 1. The SMILES string of the molecule is C=C(N)SC(=C)C(C)NC(=O)OC(C)(C)C. The molecule has 0 aliphatic heterocycles. The number of thioether (sulfide) groups is 1. The molecule has 5 heteroatoms. The third kappa shape index (κ3) is 7.23. The summed E-state index contributed by atoms with van der Waals surface area (Å²) in [6.45, 7) is 14.6. The topological polar surface area (TPSA) is 64.3 Å². The summed E-state index contributed by atoms with van der Waals surface area (Å²) in [6.07, 6.45) is -0.468. The van der Waals surface area contributed by atoms with Crippen molar-refractivity contribution in [2.45, 2.75) is 39.3 Å². The molecule has 0 radical (unpaired) electrons. The van der Waals surface area contributed by atoms with Crippen molar-refractivity contribution in [1.29, 1.82) is 0 Å². The van der Waals surface area contributed by atoms with Gasteiger partial charge in [0, 0.05) is 4.91 Å². The molecule has 4 nitrogen and oxygen atoms in total. The quantitative estimate of drug-likeness (QED) is 0.797. The van der Waals surface area contributed by atoms with Crippen LogP contribution in [0.5, 0.6) is 0 Å². The van der Waals surface area contributed by atoms with E-state index in [-0.39, 0.29) is 6.04 Å². The van der Waals surface area contributed by atoms with Gasteiger partial charge in [0.15, 0.2) is 0 Å². The first-order chi connectivity index (χ1) is 7.11. The summed E-state index contributed by atoms with van der Waals surface area (Å²) in [4.78, 5) is 12.1. The molecule has 0 aliphatic rings. The van der Waals surface area contributed by atoms with Gasteiger partial charge in [0.05, 0.1) is 11.1 Å². The van der Waals surface area contributed by atoms with Gasteiger partial charge in [-0.05, 0) is 27.7 Å². The van der Waals surface area contributed by atoms with E-state index >= 15 is 0 Å². The molecule has 0 aliphatic carbocycles. The molecule has 0 saturated carbocycles. The second-order valence-corrected chi connectivity index (χ2v) is 5.66. The monoisotopic (exact) mass is 244 g/mol. The lowest BCUT2D eigenvalue weighted by Gasteiger charge is -2.22. The smallest absolute Gasteiger partial charge is 0.408 e. The Hall–Kier alpha value is -1.10. The summed E-state index contributed by atoms with van der Waals surface area (Å²) in [5.41, 5.74) is 4.92. The van der Waals surface area contributed by atoms with Crippen molar-refractivity contribution in [1.82, 2.24) is 5.32 Å². The molecule has 0 heterocycles. The molecule has 0 bridgehead atoms. The highest BCUT2D eigenvalue weighted by Gasteiger charge is 2.18. The summed E-state index contributed by atoms with van der Waals surface area (Å²) >= 11 is 1.24. The van der Waals surface area contributed by atoms with Gasteiger partial charge in [0.25, 0.3) is 0 Å². The van der Waals surface area contributed by atoms with E-state index < -0.39 is 11.7 Å². The lowest BCUT2D eigenvalue weighted by atomic mass is 10.2. The second-order valence-electron chi connectivity index (χ2n) is 4.40. The van der Waals surface area contributed by atoms with Crippen molar-refractivity contribution in [3.8, 4) is 0 Å². The molecule has 0 aromatic carbocycles. The van der Waals surface area contributed by atoms with Gasteiger partial charge in [-0.25, -0.2) is 4.79 Å². The molecule has 0 spiro atoms. The summed E-state index contributed by atoms with van der Waals surface area (Å²) in [5, 5.41) is 3.11. The van der Waals surface area contributed by atoms with Crippen molar-refractivity contribution < 1.29 is 9.53 Å². The molecule has 0 fully saturated rings. The van der Waals surface area contributed by atoms with Crippen LogP contribution in [0.3, 0.4) is 0 Å². The van der Waals surface area contributed by atoms with Crippen LogP contribution < -0.4 is 11.1 Å². The predicted octanol–water partition coefficient (Wildman–Crippen LogP) is 2.58. The summed E-state index contributed by atoms with van der Waals surface area (Å²) in [6, 6.07) is -0.222. The molecule has 0 aromatic rings. The Morgan fingerprint density at radius 3 is 2.31 bits per heavy atom. The largest absolute Gasteiger partial charge is 0.444 e. The van der Waals surface area contributed by atoms with E-state index in [9.17, 15) is 4.79 Å². The zero-order valence-corrected chi connectivity index (χ0v) is 11.1. The first kappa shape index (κ1) is 14.9. The Labute approximate surface area is 101 Å². The maximum Gasteiger partial charge on any atom is 0.408 e. The number of amides is 1. The number of nitrogens with one attached hydrogen (secondary N) is 1. The van der Waals surface area contributed by atoms with E-state index in [1.54, 1.807) is 0 Å². The number of hydrogen-bond donors (Lipinski definition) is 2. The lowest BCUT2D eigenvalue weighted by Crippen LogP contribution is -2.38. The molecule has 3 N–H and O–H groups in total. The number of hydrogen-bond acceptors (Lipinski definition) is 4. The fraction of sp³-hybridized carbons (Fsp3) is 0.545. The van der Waals surface area contributed by atoms with Gasteiger partial charge in [-0.15, -0.1) is 0 Å². The maximum atomic E-state index is 11.4. The van der Waals surface area contributed by atoms with Gasteiger partial charge < -0.3 is 15.8 Å². The Kier molecular flexibility index (Phi) is 5.44. The van der Waals surface area contributed by atoms with Crippen LogP contribution in [0.2, 0.25) is 0 Å². The van der Waals surface area contributed by atoms with Gasteiger partial charge in [-0.3, -0.25) is 0 Å². The molecule has 16 heavy (non-hydrogen) atoms. The zero-order valence-electron chi connectivity index (χ0n) is 10.3. The number of carbonyl (C=O) groups is 1. The minimum absolute atomic E-state index is 0.222. The van der Waals surface area contributed by atoms with E-state index in [0.29, 0.717) is 5.03 Å². The standard InChI is InChI=1S/C11H20N2O2S/c1-7(8(2)16-9(3)12)13-10(14)15-11(4,5)6/h7H,2-3,12H2,1,4-6H3,(H,13,14). The molecule has 0 aromatic heterocycles. The average Bonchev–Trinajstić information content (AvgIpc) is 1.98. The van der Waals surface area contributed by atoms with E-state index in [4.69, 9.17) is 10.5 Å². The molecular weight excluding hydrogens is 224 g/mol. The van der Waals surface area contributed by atoms with Crippen LogP contribution in [0.15, 0.2) is 23.1 Å². The fourth-order valence-corrected chi connectivity index (χ4v) is 1.39. The van der Waals surface area contributed by atoms with Gasteiger partial charge in [0.1, 0.15) is 5.60 Å². The third-order valence-corrected chi connectivity index (χ3v) is 2.36. The summed E-state index contributed by atoms with van der Waals surface area (Å²) < 4.78 is 5.11. The van der Waals surface area contributed by atoms with E-state index in [2.05, 4.69) is 18.5 Å². The molecule has 0 rings (SSSR count). The van der Waals surface area contributed by atoms with Crippen LogP contribution in [-0.4, -0.2) is 17.7 Å². The molecule has 92 valence electrons. The summed E-state index contributed by atoms with van der Waals surface area (Å²) in [5.74, 6) is 0.